The van der Waals surface area contributed by atoms with Gasteiger partial charge in [-0.1, -0.05) is 45.0 Å². The molecule has 1 saturated heterocycles. The van der Waals surface area contributed by atoms with Gasteiger partial charge in [-0.05, 0) is 35.2 Å². The average Bonchev–Trinajstić information content (AvgIpc) is 3.37. The standard InChI is InChI=1S/C20H23NO3/c1-20(2,3)17-10-9-14(11-18(17)24-13-16-12-23-16)19(22)21-15-7-5-4-6-8-15/h4-11,16H,12-13H2,1-3H3,(H,21,22). The second-order valence-corrected chi connectivity index (χ2v) is 7.05. The van der Waals surface area contributed by atoms with Gasteiger partial charge in [0.1, 0.15) is 18.5 Å². The molecule has 0 radical (unpaired) electrons. The van der Waals surface area contributed by atoms with Gasteiger partial charge in [-0.3, -0.25) is 4.79 Å². The lowest BCUT2D eigenvalue weighted by atomic mass is 9.85. The summed E-state index contributed by atoms with van der Waals surface area (Å²) >= 11 is 0. The quantitative estimate of drug-likeness (QED) is 0.845. The largest absolute Gasteiger partial charge is 0.490 e. The monoisotopic (exact) mass is 325 g/mol. The van der Waals surface area contributed by atoms with Gasteiger partial charge >= 0.3 is 0 Å². The van der Waals surface area contributed by atoms with Crippen LogP contribution in [-0.4, -0.2) is 25.2 Å². The number of carbonyl (C=O) groups excluding carboxylic acids is 1. The molecular formula is C20H23NO3. The van der Waals surface area contributed by atoms with Crippen LogP contribution in [0.4, 0.5) is 5.69 Å². The Morgan fingerprint density at radius 3 is 2.54 bits per heavy atom. The van der Waals surface area contributed by atoms with Crippen LogP contribution in [0.25, 0.3) is 0 Å². The van der Waals surface area contributed by atoms with Crippen molar-refractivity contribution < 1.29 is 14.3 Å². The number of hydrogen-bond donors (Lipinski definition) is 1. The van der Waals surface area contributed by atoms with Crippen LogP contribution in [0.1, 0.15) is 36.7 Å². The van der Waals surface area contributed by atoms with E-state index in [9.17, 15) is 4.79 Å². The van der Waals surface area contributed by atoms with Crippen molar-refractivity contribution in [3.63, 3.8) is 0 Å². The lowest BCUT2D eigenvalue weighted by Crippen LogP contribution is -2.17. The average molecular weight is 325 g/mol. The third-order valence-corrected chi connectivity index (χ3v) is 3.91. The number of nitrogens with one attached hydrogen (secondary N) is 1. The van der Waals surface area contributed by atoms with Crippen LogP contribution in [0, 0.1) is 0 Å². The van der Waals surface area contributed by atoms with Crippen LogP contribution in [-0.2, 0) is 10.2 Å². The van der Waals surface area contributed by atoms with E-state index in [1.165, 1.54) is 0 Å². The van der Waals surface area contributed by atoms with Gasteiger partial charge in [0.15, 0.2) is 0 Å². The normalized spacial score (nSPS) is 16.5. The number of anilines is 1. The Morgan fingerprint density at radius 1 is 1.21 bits per heavy atom. The first-order chi connectivity index (χ1) is 11.4. The summed E-state index contributed by atoms with van der Waals surface area (Å²) in [6, 6.07) is 15.1. The molecule has 1 aliphatic rings. The Morgan fingerprint density at radius 2 is 1.92 bits per heavy atom. The molecule has 1 amide bonds. The molecule has 1 heterocycles. The summed E-state index contributed by atoms with van der Waals surface area (Å²) in [5.41, 5.74) is 2.38. The minimum absolute atomic E-state index is 0.0613. The van der Waals surface area contributed by atoms with Gasteiger partial charge in [-0.25, -0.2) is 0 Å². The highest BCUT2D eigenvalue weighted by molar-refractivity contribution is 6.04. The molecule has 3 rings (SSSR count). The molecule has 0 aromatic heterocycles. The van der Waals surface area contributed by atoms with Gasteiger partial charge in [0.2, 0.25) is 0 Å². The third kappa shape index (κ3) is 4.15. The zero-order valence-corrected chi connectivity index (χ0v) is 14.3. The molecule has 2 aromatic rings. The van der Waals surface area contributed by atoms with Crippen molar-refractivity contribution in [1.29, 1.82) is 0 Å². The molecule has 1 unspecified atom stereocenters. The van der Waals surface area contributed by atoms with E-state index in [-0.39, 0.29) is 17.4 Å². The number of rotatable bonds is 5. The zero-order valence-electron chi connectivity index (χ0n) is 14.3. The van der Waals surface area contributed by atoms with Gasteiger partial charge in [0.25, 0.3) is 5.91 Å². The molecule has 1 atom stereocenters. The topological polar surface area (TPSA) is 50.9 Å². The van der Waals surface area contributed by atoms with Gasteiger partial charge in [-0.15, -0.1) is 0 Å². The summed E-state index contributed by atoms with van der Waals surface area (Å²) in [4.78, 5) is 12.5. The van der Waals surface area contributed by atoms with Crippen molar-refractivity contribution in [2.24, 2.45) is 0 Å². The molecule has 1 N–H and O–H groups in total. The summed E-state index contributed by atoms with van der Waals surface area (Å²) in [5, 5.41) is 2.90. The fourth-order valence-corrected chi connectivity index (χ4v) is 2.47. The minimum Gasteiger partial charge on any atom is -0.490 e. The second kappa shape index (κ2) is 6.65. The maximum Gasteiger partial charge on any atom is 0.255 e. The van der Waals surface area contributed by atoms with Gasteiger partial charge in [-0.2, -0.15) is 0 Å². The summed E-state index contributed by atoms with van der Waals surface area (Å²) < 4.78 is 11.1. The molecule has 126 valence electrons. The van der Waals surface area contributed by atoms with Crippen molar-refractivity contribution in [3.8, 4) is 5.75 Å². The van der Waals surface area contributed by atoms with E-state index in [2.05, 4.69) is 26.1 Å². The lowest BCUT2D eigenvalue weighted by Gasteiger charge is -2.23. The predicted molar refractivity (Wildman–Crippen MR) is 94.8 cm³/mol. The summed E-state index contributed by atoms with van der Waals surface area (Å²) in [6.45, 7) is 7.66. The molecule has 4 nitrogen and oxygen atoms in total. The van der Waals surface area contributed by atoms with E-state index < -0.39 is 0 Å². The van der Waals surface area contributed by atoms with Crippen LogP contribution < -0.4 is 10.1 Å². The first-order valence-electron chi connectivity index (χ1n) is 8.19. The smallest absolute Gasteiger partial charge is 0.255 e. The Bertz CT molecular complexity index is 715. The van der Waals surface area contributed by atoms with E-state index in [0.29, 0.717) is 12.2 Å². The van der Waals surface area contributed by atoms with Crippen molar-refractivity contribution in [3.05, 3.63) is 59.7 Å². The van der Waals surface area contributed by atoms with Gasteiger partial charge < -0.3 is 14.8 Å². The van der Waals surface area contributed by atoms with Crippen LogP contribution in [0.5, 0.6) is 5.75 Å². The number of epoxide rings is 1. The maximum absolute atomic E-state index is 12.5. The fraction of sp³-hybridized carbons (Fsp3) is 0.350. The Hall–Kier alpha value is -2.33. The van der Waals surface area contributed by atoms with E-state index >= 15 is 0 Å². The Kier molecular flexibility index (Phi) is 4.58. The molecule has 0 saturated carbocycles. The number of benzene rings is 2. The van der Waals surface area contributed by atoms with Crippen molar-refractivity contribution in [2.45, 2.75) is 32.3 Å². The highest BCUT2D eigenvalue weighted by atomic mass is 16.6. The first kappa shape index (κ1) is 16.5. The molecule has 0 spiro atoms. The second-order valence-electron chi connectivity index (χ2n) is 7.05. The molecule has 4 heteroatoms. The summed E-state index contributed by atoms with van der Waals surface area (Å²) in [6.07, 6.45) is 0.180. The van der Waals surface area contributed by atoms with Crippen LogP contribution in [0.2, 0.25) is 0 Å². The zero-order chi connectivity index (χ0) is 17.2. The molecule has 2 aromatic carbocycles. The van der Waals surface area contributed by atoms with E-state index in [4.69, 9.17) is 9.47 Å². The number of hydrogen-bond acceptors (Lipinski definition) is 3. The highest BCUT2D eigenvalue weighted by Gasteiger charge is 2.26. The maximum atomic E-state index is 12.5. The number of ether oxygens (including phenoxy) is 2. The van der Waals surface area contributed by atoms with Crippen LogP contribution in [0.3, 0.4) is 0 Å². The number of amides is 1. The predicted octanol–water partition coefficient (Wildman–Crippen LogP) is 4.01. The van der Waals surface area contributed by atoms with Gasteiger partial charge in [0, 0.05) is 11.3 Å². The summed E-state index contributed by atoms with van der Waals surface area (Å²) in [5.74, 6) is 0.605. The highest BCUT2D eigenvalue weighted by Crippen LogP contribution is 2.33. The van der Waals surface area contributed by atoms with Gasteiger partial charge in [0.05, 0.1) is 6.61 Å². The Balaban J connectivity index is 1.82. The first-order valence-corrected chi connectivity index (χ1v) is 8.19. The van der Waals surface area contributed by atoms with Crippen molar-refractivity contribution in [1.82, 2.24) is 0 Å². The molecule has 0 bridgehead atoms. The van der Waals surface area contributed by atoms with Crippen LogP contribution >= 0.6 is 0 Å². The fourth-order valence-electron chi connectivity index (χ4n) is 2.47. The van der Waals surface area contributed by atoms with Crippen molar-refractivity contribution >= 4 is 11.6 Å². The lowest BCUT2D eigenvalue weighted by molar-refractivity contribution is 0.102. The van der Waals surface area contributed by atoms with Crippen molar-refractivity contribution in [2.75, 3.05) is 18.5 Å². The molecular weight excluding hydrogens is 302 g/mol. The summed E-state index contributed by atoms with van der Waals surface area (Å²) in [7, 11) is 0. The minimum atomic E-state index is -0.144. The molecule has 24 heavy (non-hydrogen) atoms. The van der Waals surface area contributed by atoms with E-state index in [0.717, 1.165) is 23.6 Å². The number of para-hydroxylation sites is 1. The van der Waals surface area contributed by atoms with E-state index in [1.807, 2.05) is 48.5 Å². The van der Waals surface area contributed by atoms with E-state index in [1.54, 1.807) is 0 Å². The number of carbonyl (C=O) groups is 1. The molecule has 0 aliphatic carbocycles. The molecule has 1 fully saturated rings. The SMILES string of the molecule is CC(C)(C)c1ccc(C(=O)Nc2ccccc2)cc1OCC1CO1. The third-order valence-electron chi connectivity index (χ3n) is 3.91. The molecule has 1 aliphatic heterocycles. The Labute approximate surface area is 142 Å². The van der Waals surface area contributed by atoms with Crippen LogP contribution in [0.15, 0.2) is 48.5 Å².